The van der Waals surface area contributed by atoms with Gasteiger partial charge < -0.3 is 10.6 Å². The lowest BCUT2D eigenvalue weighted by molar-refractivity contribution is -0.131. The molecule has 2 atom stereocenters. The first-order valence-corrected chi connectivity index (χ1v) is 10.1. The van der Waals surface area contributed by atoms with Crippen LogP contribution in [-0.4, -0.2) is 50.2 Å². The lowest BCUT2D eigenvalue weighted by atomic mass is 10.1. The Balaban J connectivity index is 1.90. The SMILES string of the molecule is CCCCC(N=C1NS(=O)(=O)c2ccccc21)C(=O)N1CC[C@@H](N)C1. The van der Waals surface area contributed by atoms with Gasteiger partial charge in [0.1, 0.15) is 11.9 Å². The Kier molecular flexibility index (Phi) is 5.10. The number of aliphatic imine (C=N–C) groups is 1. The third kappa shape index (κ3) is 3.69. The fraction of sp³-hybridized carbons (Fsp3) is 0.529. The van der Waals surface area contributed by atoms with Crippen molar-refractivity contribution in [3.8, 4) is 0 Å². The smallest absolute Gasteiger partial charge is 0.263 e. The molecule has 0 aromatic heterocycles. The van der Waals surface area contributed by atoms with Crippen LogP contribution in [0.4, 0.5) is 0 Å². The first-order chi connectivity index (χ1) is 11.9. The van der Waals surface area contributed by atoms with Gasteiger partial charge in [-0.3, -0.25) is 14.5 Å². The summed E-state index contributed by atoms with van der Waals surface area (Å²) in [6, 6.07) is 6.11. The second-order valence-corrected chi connectivity index (χ2v) is 8.22. The molecule has 2 heterocycles. The number of hydrogen-bond acceptors (Lipinski definition) is 5. The average Bonchev–Trinajstić information content (AvgIpc) is 3.13. The summed E-state index contributed by atoms with van der Waals surface area (Å²) in [5, 5.41) is 0. The number of amides is 1. The number of nitrogens with two attached hydrogens (primary N) is 1. The summed E-state index contributed by atoms with van der Waals surface area (Å²) in [6.45, 7) is 3.22. The Labute approximate surface area is 148 Å². The summed E-state index contributed by atoms with van der Waals surface area (Å²) >= 11 is 0. The standard InChI is InChI=1S/C17H24N4O3S/c1-2-3-7-14(17(22)21-10-9-12(18)11-21)19-16-13-6-4-5-8-15(13)25(23,24)20-16/h4-6,8,12,14H,2-3,7,9-11,18H2,1H3,(H,19,20)/t12-,14?/m1/s1. The number of amidine groups is 1. The minimum absolute atomic E-state index is 0.00846. The molecule has 25 heavy (non-hydrogen) atoms. The molecule has 8 heteroatoms. The van der Waals surface area contributed by atoms with E-state index in [0.717, 1.165) is 19.3 Å². The van der Waals surface area contributed by atoms with Gasteiger partial charge in [-0.1, -0.05) is 31.9 Å². The summed E-state index contributed by atoms with van der Waals surface area (Å²) < 4.78 is 26.9. The van der Waals surface area contributed by atoms with Gasteiger partial charge in [-0.15, -0.1) is 0 Å². The quantitative estimate of drug-likeness (QED) is 0.808. The van der Waals surface area contributed by atoms with E-state index >= 15 is 0 Å². The number of rotatable bonds is 5. The van der Waals surface area contributed by atoms with Crippen LogP contribution in [0.15, 0.2) is 34.2 Å². The van der Waals surface area contributed by atoms with Crippen LogP contribution in [0.25, 0.3) is 0 Å². The zero-order chi connectivity index (χ0) is 18.0. The molecule has 3 N–H and O–H groups in total. The van der Waals surface area contributed by atoms with Crippen molar-refractivity contribution in [1.29, 1.82) is 0 Å². The van der Waals surface area contributed by atoms with E-state index < -0.39 is 16.1 Å². The van der Waals surface area contributed by atoms with Crippen LogP contribution in [0.5, 0.6) is 0 Å². The van der Waals surface area contributed by atoms with Gasteiger partial charge in [0, 0.05) is 24.7 Å². The first-order valence-electron chi connectivity index (χ1n) is 8.66. The van der Waals surface area contributed by atoms with Crippen LogP contribution in [0.1, 0.15) is 38.2 Å². The zero-order valence-corrected chi connectivity index (χ0v) is 15.1. The van der Waals surface area contributed by atoms with Crippen molar-refractivity contribution in [1.82, 2.24) is 9.62 Å². The number of hydrogen-bond donors (Lipinski definition) is 2. The van der Waals surface area contributed by atoms with Gasteiger partial charge in [0.2, 0.25) is 5.91 Å². The van der Waals surface area contributed by atoms with E-state index in [9.17, 15) is 13.2 Å². The lowest BCUT2D eigenvalue weighted by Crippen LogP contribution is -2.39. The number of nitrogens with one attached hydrogen (secondary N) is 1. The lowest BCUT2D eigenvalue weighted by Gasteiger charge is -2.21. The molecule has 3 rings (SSSR count). The van der Waals surface area contributed by atoms with E-state index in [1.165, 1.54) is 0 Å². The fourth-order valence-corrected chi connectivity index (χ4v) is 4.46. The van der Waals surface area contributed by atoms with Crippen molar-refractivity contribution >= 4 is 21.8 Å². The number of benzene rings is 1. The van der Waals surface area contributed by atoms with Crippen molar-refractivity contribution in [3.05, 3.63) is 29.8 Å². The maximum absolute atomic E-state index is 12.8. The van der Waals surface area contributed by atoms with Crippen LogP contribution in [0.2, 0.25) is 0 Å². The highest BCUT2D eigenvalue weighted by Crippen LogP contribution is 2.24. The second-order valence-electron chi connectivity index (χ2n) is 6.57. The zero-order valence-electron chi connectivity index (χ0n) is 14.3. The Morgan fingerprint density at radius 1 is 1.44 bits per heavy atom. The minimum atomic E-state index is -3.60. The van der Waals surface area contributed by atoms with Gasteiger partial charge >= 0.3 is 0 Å². The van der Waals surface area contributed by atoms with Crippen LogP contribution in [0.3, 0.4) is 0 Å². The van der Waals surface area contributed by atoms with E-state index in [0.29, 0.717) is 25.1 Å². The maximum Gasteiger partial charge on any atom is 0.263 e. The topological polar surface area (TPSA) is 105 Å². The number of unbranched alkanes of at least 4 members (excludes halogenated alkanes) is 1. The molecule has 136 valence electrons. The highest BCUT2D eigenvalue weighted by atomic mass is 32.2. The third-order valence-electron chi connectivity index (χ3n) is 4.60. The summed E-state index contributed by atoms with van der Waals surface area (Å²) in [5.74, 6) is 0.186. The van der Waals surface area contributed by atoms with E-state index in [1.807, 2.05) is 6.92 Å². The highest BCUT2D eigenvalue weighted by Gasteiger charge is 2.33. The molecule has 7 nitrogen and oxygen atoms in total. The number of fused-ring (bicyclic) bond motifs is 1. The van der Waals surface area contributed by atoms with Gasteiger partial charge in [0.25, 0.3) is 10.0 Å². The van der Waals surface area contributed by atoms with Gasteiger partial charge in [-0.05, 0) is 25.0 Å². The molecular weight excluding hydrogens is 340 g/mol. The summed E-state index contributed by atoms with van der Waals surface area (Å²) in [6.07, 6.45) is 3.17. The number of nitrogens with zero attached hydrogens (tertiary/aromatic N) is 2. The second kappa shape index (κ2) is 7.13. The molecule has 2 aliphatic heterocycles. The number of carbonyl (C=O) groups is 1. The normalized spacial score (nSPS) is 24.2. The summed E-state index contributed by atoms with van der Waals surface area (Å²) in [5.41, 5.74) is 6.43. The van der Waals surface area contributed by atoms with Gasteiger partial charge in [0.05, 0.1) is 4.90 Å². The molecule has 1 amide bonds. The molecule has 0 aliphatic carbocycles. The fourth-order valence-electron chi connectivity index (χ4n) is 3.22. The van der Waals surface area contributed by atoms with E-state index in [2.05, 4.69) is 9.71 Å². The van der Waals surface area contributed by atoms with Gasteiger partial charge in [-0.2, -0.15) is 0 Å². The number of likely N-dealkylation sites (tertiary alicyclic amines) is 1. The average molecular weight is 364 g/mol. The molecular formula is C17H24N4O3S. The maximum atomic E-state index is 12.8. The predicted molar refractivity (Wildman–Crippen MR) is 95.8 cm³/mol. The highest BCUT2D eigenvalue weighted by molar-refractivity contribution is 7.90. The Bertz CT molecular complexity index is 791. The van der Waals surface area contributed by atoms with E-state index in [-0.39, 0.29) is 22.7 Å². The van der Waals surface area contributed by atoms with Crippen LogP contribution in [0, 0.1) is 0 Å². The van der Waals surface area contributed by atoms with Crippen molar-refractivity contribution < 1.29 is 13.2 Å². The summed E-state index contributed by atoms with van der Waals surface area (Å²) in [4.78, 5) is 19.3. The minimum Gasteiger partial charge on any atom is -0.339 e. The van der Waals surface area contributed by atoms with Crippen LogP contribution < -0.4 is 10.5 Å². The number of carbonyl (C=O) groups excluding carboxylic acids is 1. The van der Waals surface area contributed by atoms with E-state index in [1.54, 1.807) is 29.2 Å². The van der Waals surface area contributed by atoms with Crippen molar-refractivity contribution in [3.63, 3.8) is 0 Å². The molecule has 1 unspecified atom stereocenters. The Morgan fingerprint density at radius 3 is 2.88 bits per heavy atom. The van der Waals surface area contributed by atoms with Crippen LogP contribution in [-0.2, 0) is 14.8 Å². The molecule has 2 aliphatic rings. The van der Waals surface area contributed by atoms with Crippen molar-refractivity contribution in [2.24, 2.45) is 10.7 Å². The largest absolute Gasteiger partial charge is 0.339 e. The molecule has 1 fully saturated rings. The van der Waals surface area contributed by atoms with Gasteiger partial charge in [0.15, 0.2) is 0 Å². The van der Waals surface area contributed by atoms with Gasteiger partial charge in [-0.25, -0.2) is 8.42 Å². The molecule has 0 radical (unpaired) electrons. The molecule has 1 aromatic carbocycles. The third-order valence-corrected chi connectivity index (χ3v) is 6.00. The molecule has 1 aromatic rings. The van der Waals surface area contributed by atoms with E-state index in [4.69, 9.17) is 5.73 Å². The molecule has 1 saturated heterocycles. The molecule has 0 bridgehead atoms. The molecule has 0 saturated carbocycles. The van der Waals surface area contributed by atoms with Crippen molar-refractivity contribution in [2.75, 3.05) is 13.1 Å². The van der Waals surface area contributed by atoms with Crippen LogP contribution >= 0.6 is 0 Å². The Morgan fingerprint density at radius 2 is 2.20 bits per heavy atom. The van der Waals surface area contributed by atoms with Crippen molar-refractivity contribution in [2.45, 2.75) is 49.6 Å². The monoisotopic (exact) mass is 364 g/mol. The summed E-state index contributed by atoms with van der Waals surface area (Å²) in [7, 11) is -3.60. The molecule has 0 spiro atoms. The Hall–Kier alpha value is -1.93. The predicted octanol–water partition coefficient (Wildman–Crippen LogP) is 0.844. The number of sulfonamides is 1. The first kappa shape index (κ1) is 17.9.